The summed E-state index contributed by atoms with van der Waals surface area (Å²) in [6.07, 6.45) is 0.723. The largest absolute Gasteiger partial charge is 0.496 e. The number of hydrogen-bond donors (Lipinski definition) is 2. The van der Waals surface area contributed by atoms with Crippen molar-refractivity contribution < 1.29 is 9.53 Å². The Labute approximate surface area is 171 Å². The lowest BCUT2D eigenvalue weighted by molar-refractivity contribution is -0.121. The maximum atomic E-state index is 12.5. The monoisotopic (exact) mass is 396 g/mol. The van der Waals surface area contributed by atoms with Crippen molar-refractivity contribution in [1.82, 2.24) is 15.2 Å². The molecule has 29 heavy (non-hydrogen) atoms. The standard InChI is InChI=1S/C22H28N4O3/c1-14-16(15(2)25-22(28)18(14)12-23)10-11-21(27)24-13-19(26(3)4)17-8-6-7-9-20(17)29-5/h6-9,19H,10-11,13H2,1-5H3,(H,24,27)(H,25,28). The first-order chi connectivity index (χ1) is 13.8. The number of carbonyl (C=O) groups is 1. The van der Waals surface area contributed by atoms with Gasteiger partial charge >= 0.3 is 0 Å². The number of nitrogens with one attached hydrogen (secondary N) is 2. The van der Waals surface area contributed by atoms with Crippen LogP contribution in [0.1, 0.15) is 40.4 Å². The van der Waals surface area contributed by atoms with Gasteiger partial charge in [-0.1, -0.05) is 18.2 Å². The van der Waals surface area contributed by atoms with Crippen LogP contribution in [0.4, 0.5) is 0 Å². The third kappa shape index (κ3) is 5.24. The number of hydrogen-bond acceptors (Lipinski definition) is 5. The lowest BCUT2D eigenvalue weighted by Gasteiger charge is -2.26. The number of aryl methyl sites for hydroxylation is 1. The highest BCUT2D eigenvalue weighted by molar-refractivity contribution is 5.76. The number of methoxy groups -OCH3 is 1. The van der Waals surface area contributed by atoms with E-state index in [0.29, 0.717) is 24.2 Å². The molecule has 2 aromatic rings. The summed E-state index contributed by atoms with van der Waals surface area (Å²) in [4.78, 5) is 29.0. The van der Waals surface area contributed by atoms with Gasteiger partial charge in [-0.05, 0) is 51.6 Å². The average molecular weight is 396 g/mol. The van der Waals surface area contributed by atoms with Crippen molar-refractivity contribution in [2.75, 3.05) is 27.7 Å². The van der Waals surface area contributed by atoms with E-state index in [1.165, 1.54) is 0 Å². The molecule has 1 aromatic heterocycles. The number of aromatic nitrogens is 1. The van der Waals surface area contributed by atoms with Gasteiger partial charge in [-0.3, -0.25) is 9.59 Å². The molecule has 154 valence electrons. The van der Waals surface area contributed by atoms with Crippen molar-refractivity contribution in [3.8, 4) is 11.8 Å². The number of aromatic amines is 1. The molecule has 7 heteroatoms. The second-order valence-corrected chi connectivity index (χ2v) is 7.19. The summed E-state index contributed by atoms with van der Waals surface area (Å²) in [5, 5.41) is 12.2. The zero-order valence-electron chi connectivity index (χ0n) is 17.6. The van der Waals surface area contributed by atoms with E-state index in [-0.39, 0.29) is 29.5 Å². The first kappa shape index (κ1) is 22.2. The summed E-state index contributed by atoms with van der Waals surface area (Å²) in [5.74, 6) is 0.694. The van der Waals surface area contributed by atoms with Crippen molar-refractivity contribution in [1.29, 1.82) is 5.26 Å². The summed E-state index contributed by atoms with van der Waals surface area (Å²) in [5.41, 5.74) is 2.90. The van der Waals surface area contributed by atoms with Crippen LogP contribution in [-0.4, -0.2) is 43.5 Å². The van der Waals surface area contributed by atoms with E-state index in [1.807, 2.05) is 49.3 Å². The van der Waals surface area contributed by atoms with Crippen LogP contribution in [0.2, 0.25) is 0 Å². The molecule has 0 radical (unpaired) electrons. The minimum Gasteiger partial charge on any atom is -0.496 e. The normalized spacial score (nSPS) is 11.8. The number of pyridine rings is 1. The van der Waals surface area contributed by atoms with Crippen LogP contribution in [-0.2, 0) is 11.2 Å². The Bertz CT molecular complexity index is 973. The number of para-hydroxylation sites is 1. The molecule has 1 aromatic carbocycles. The van der Waals surface area contributed by atoms with Crippen LogP contribution in [0.25, 0.3) is 0 Å². The molecule has 0 aliphatic carbocycles. The summed E-state index contributed by atoms with van der Waals surface area (Å²) >= 11 is 0. The van der Waals surface area contributed by atoms with Gasteiger partial charge in [-0.25, -0.2) is 0 Å². The van der Waals surface area contributed by atoms with Gasteiger partial charge in [-0.15, -0.1) is 0 Å². The second-order valence-electron chi connectivity index (χ2n) is 7.19. The van der Waals surface area contributed by atoms with Crippen LogP contribution in [0.15, 0.2) is 29.1 Å². The molecule has 2 N–H and O–H groups in total. The van der Waals surface area contributed by atoms with Crippen molar-refractivity contribution in [2.45, 2.75) is 32.7 Å². The molecule has 0 aliphatic rings. The van der Waals surface area contributed by atoms with E-state index in [2.05, 4.69) is 10.3 Å². The summed E-state index contributed by atoms with van der Waals surface area (Å²) in [7, 11) is 5.55. The van der Waals surface area contributed by atoms with Crippen LogP contribution < -0.4 is 15.6 Å². The summed E-state index contributed by atoms with van der Waals surface area (Å²) in [6.45, 7) is 3.98. The first-order valence-corrected chi connectivity index (χ1v) is 9.48. The Balaban J connectivity index is 2.06. The number of rotatable bonds is 8. The molecule has 0 saturated carbocycles. The number of H-pyrrole nitrogens is 1. The van der Waals surface area contributed by atoms with Gasteiger partial charge < -0.3 is 19.9 Å². The van der Waals surface area contributed by atoms with E-state index >= 15 is 0 Å². The van der Waals surface area contributed by atoms with Gasteiger partial charge in [0.1, 0.15) is 17.4 Å². The third-order valence-corrected chi connectivity index (χ3v) is 5.14. The maximum absolute atomic E-state index is 12.5. The molecule has 1 atom stereocenters. The lowest BCUT2D eigenvalue weighted by atomic mass is 9.99. The average Bonchev–Trinajstić information content (AvgIpc) is 2.68. The topological polar surface area (TPSA) is 98.2 Å². The molecule has 0 bridgehead atoms. The fraction of sp³-hybridized carbons (Fsp3) is 0.409. The molecule has 0 saturated heterocycles. The van der Waals surface area contributed by atoms with Gasteiger partial charge in [0.15, 0.2) is 0 Å². The number of ether oxygens (including phenoxy) is 1. The summed E-state index contributed by atoms with van der Waals surface area (Å²) in [6, 6.07) is 9.67. The van der Waals surface area contributed by atoms with Crippen molar-refractivity contribution in [3.05, 3.63) is 62.6 Å². The quantitative estimate of drug-likeness (QED) is 0.713. The van der Waals surface area contributed by atoms with E-state index < -0.39 is 0 Å². The number of likely N-dealkylation sites (N-methyl/N-ethyl adjacent to an activating group) is 1. The van der Waals surface area contributed by atoms with Gasteiger partial charge in [0.05, 0.1) is 13.2 Å². The number of nitrogens with zero attached hydrogens (tertiary/aromatic N) is 2. The van der Waals surface area contributed by atoms with Crippen molar-refractivity contribution >= 4 is 5.91 Å². The highest BCUT2D eigenvalue weighted by atomic mass is 16.5. The number of nitriles is 1. The van der Waals surface area contributed by atoms with Gasteiger partial charge in [0.25, 0.3) is 5.56 Å². The van der Waals surface area contributed by atoms with Crippen molar-refractivity contribution in [3.63, 3.8) is 0 Å². The number of carbonyl (C=O) groups excluding carboxylic acids is 1. The molecule has 2 rings (SSSR count). The lowest BCUT2D eigenvalue weighted by Crippen LogP contribution is -2.35. The first-order valence-electron chi connectivity index (χ1n) is 9.48. The minimum atomic E-state index is -0.388. The molecular weight excluding hydrogens is 368 g/mol. The number of amides is 1. The predicted octanol–water partition coefficient (Wildman–Crippen LogP) is 2.22. The van der Waals surface area contributed by atoms with Crippen LogP contribution in [0, 0.1) is 25.2 Å². The Kier molecular flexibility index (Phi) is 7.57. The zero-order valence-corrected chi connectivity index (χ0v) is 17.6. The fourth-order valence-corrected chi connectivity index (χ4v) is 3.47. The minimum absolute atomic E-state index is 0.0307. The molecule has 0 spiro atoms. The molecule has 1 unspecified atom stereocenters. The second kappa shape index (κ2) is 9.89. The Morgan fingerprint density at radius 1 is 1.31 bits per heavy atom. The SMILES string of the molecule is COc1ccccc1C(CNC(=O)CCc1c(C)[nH]c(=O)c(C#N)c1C)N(C)C. The van der Waals surface area contributed by atoms with Gasteiger partial charge in [0, 0.05) is 24.2 Å². The third-order valence-electron chi connectivity index (χ3n) is 5.14. The molecule has 7 nitrogen and oxygen atoms in total. The fourth-order valence-electron chi connectivity index (χ4n) is 3.47. The van der Waals surface area contributed by atoms with Gasteiger partial charge in [-0.2, -0.15) is 5.26 Å². The maximum Gasteiger partial charge on any atom is 0.266 e. The number of benzene rings is 1. The Hall–Kier alpha value is -3.11. The molecule has 1 amide bonds. The van der Waals surface area contributed by atoms with E-state index in [4.69, 9.17) is 4.74 Å². The van der Waals surface area contributed by atoms with Crippen LogP contribution >= 0.6 is 0 Å². The Morgan fingerprint density at radius 2 is 2.00 bits per heavy atom. The highest BCUT2D eigenvalue weighted by Gasteiger charge is 2.19. The molecule has 0 aliphatic heterocycles. The van der Waals surface area contributed by atoms with E-state index in [0.717, 1.165) is 16.9 Å². The van der Waals surface area contributed by atoms with Crippen molar-refractivity contribution in [2.24, 2.45) is 0 Å². The summed E-state index contributed by atoms with van der Waals surface area (Å²) < 4.78 is 5.45. The highest BCUT2D eigenvalue weighted by Crippen LogP contribution is 2.27. The van der Waals surface area contributed by atoms with Crippen LogP contribution in [0.3, 0.4) is 0 Å². The molecular formula is C22H28N4O3. The van der Waals surface area contributed by atoms with Gasteiger partial charge in [0.2, 0.25) is 5.91 Å². The van der Waals surface area contributed by atoms with E-state index in [9.17, 15) is 14.9 Å². The predicted molar refractivity (Wildman–Crippen MR) is 112 cm³/mol. The zero-order chi connectivity index (χ0) is 21.6. The van der Waals surface area contributed by atoms with E-state index in [1.54, 1.807) is 21.0 Å². The van der Waals surface area contributed by atoms with Crippen LogP contribution in [0.5, 0.6) is 5.75 Å². The Morgan fingerprint density at radius 3 is 2.62 bits per heavy atom. The molecule has 1 heterocycles. The smallest absolute Gasteiger partial charge is 0.266 e. The molecule has 0 fully saturated rings.